The quantitative estimate of drug-likeness (QED) is 0.287. The third-order valence-electron chi connectivity index (χ3n) is 4.65. The monoisotopic (exact) mass is 503 g/mol. The van der Waals surface area contributed by atoms with E-state index in [1.807, 2.05) is 43.3 Å². The first-order valence-electron chi connectivity index (χ1n) is 9.52. The van der Waals surface area contributed by atoms with Crippen LogP contribution in [0.25, 0.3) is 0 Å². The molecule has 0 radical (unpaired) electrons. The van der Waals surface area contributed by atoms with Crippen LogP contribution in [-0.2, 0) is 11.3 Å². The minimum absolute atomic E-state index is 0. The molecule has 0 aliphatic carbocycles. The van der Waals surface area contributed by atoms with E-state index >= 15 is 0 Å². The highest BCUT2D eigenvalue weighted by atomic mass is 127. The first-order valence-corrected chi connectivity index (χ1v) is 9.52. The van der Waals surface area contributed by atoms with Crippen molar-refractivity contribution in [2.24, 2.45) is 4.99 Å². The van der Waals surface area contributed by atoms with Crippen LogP contribution >= 0.6 is 24.0 Å². The summed E-state index contributed by atoms with van der Waals surface area (Å²) in [6.07, 6.45) is 2.16. The summed E-state index contributed by atoms with van der Waals surface area (Å²) in [6.45, 7) is 5.71. The highest BCUT2D eigenvalue weighted by Gasteiger charge is 2.29. The zero-order chi connectivity index (χ0) is 19.7. The number of amides is 1. The summed E-state index contributed by atoms with van der Waals surface area (Å²) in [5, 5.41) is 9.56. The molecule has 1 saturated heterocycles. The summed E-state index contributed by atoms with van der Waals surface area (Å²) in [6, 6.07) is 7.65. The van der Waals surface area contributed by atoms with Crippen molar-refractivity contribution in [2.75, 3.05) is 47.4 Å². The van der Waals surface area contributed by atoms with Crippen LogP contribution in [0, 0.1) is 0 Å². The van der Waals surface area contributed by atoms with Gasteiger partial charge in [-0.25, -0.2) is 0 Å². The molecule has 1 aliphatic heterocycles. The molecule has 7 nitrogen and oxygen atoms in total. The van der Waals surface area contributed by atoms with Gasteiger partial charge in [0, 0.05) is 45.4 Å². The van der Waals surface area contributed by atoms with Gasteiger partial charge in [0.1, 0.15) is 0 Å². The van der Waals surface area contributed by atoms with Crippen LogP contribution < -0.4 is 16.0 Å². The standard InChI is InChI=1S/C20H33N5O2.HI/c1-20(9-6-12-27-20)15-24-19(21-2)23-14-16-7-5-8-17(13-16)18(26)22-10-11-25(3)4;/h5,7-8,13H,6,9-12,14-15H2,1-4H3,(H,22,26)(H2,21,23,24);1H. The number of hydrogen-bond donors (Lipinski definition) is 3. The fourth-order valence-electron chi connectivity index (χ4n) is 2.97. The molecule has 1 aliphatic rings. The zero-order valence-corrected chi connectivity index (χ0v) is 19.7. The maximum Gasteiger partial charge on any atom is 0.251 e. The van der Waals surface area contributed by atoms with Gasteiger partial charge in [0.15, 0.2) is 5.96 Å². The average Bonchev–Trinajstić information content (AvgIpc) is 3.08. The van der Waals surface area contributed by atoms with Crippen LogP contribution in [-0.4, -0.2) is 69.8 Å². The van der Waals surface area contributed by atoms with Crippen molar-refractivity contribution in [3.8, 4) is 0 Å². The Bertz CT molecular complexity index is 645. The second kappa shape index (κ2) is 12.2. The molecule has 8 heteroatoms. The Labute approximate surface area is 185 Å². The maximum absolute atomic E-state index is 12.3. The Balaban J connectivity index is 0.00000392. The number of rotatable bonds is 8. The molecule has 2 rings (SSSR count). The summed E-state index contributed by atoms with van der Waals surface area (Å²) in [7, 11) is 5.72. The Morgan fingerprint density at radius 1 is 1.29 bits per heavy atom. The molecular formula is C20H34IN5O2. The van der Waals surface area contributed by atoms with Crippen LogP contribution in [0.3, 0.4) is 0 Å². The molecule has 0 aromatic heterocycles. The number of hydrogen-bond acceptors (Lipinski definition) is 4. The molecule has 0 spiro atoms. The van der Waals surface area contributed by atoms with Crippen molar-refractivity contribution in [3.63, 3.8) is 0 Å². The highest BCUT2D eigenvalue weighted by Crippen LogP contribution is 2.23. The number of guanidine groups is 1. The van der Waals surface area contributed by atoms with Crippen LogP contribution in [0.1, 0.15) is 35.7 Å². The molecule has 1 heterocycles. The molecule has 1 amide bonds. The fourth-order valence-corrected chi connectivity index (χ4v) is 2.97. The first kappa shape index (κ1) is 24.6. The summed E-state index contributed by atoms with van der Waals surface area (Å²) in [5.41, 5.74) is 1.58. The Hall–Kier alpha value is -1.39. The SMILES string of the molecule is CN=C(NCc1cccc(C(=O)NCCN(C)C)c1)NCC1(C)CCCO1.I. The topological polar surface area (TPSA) is 78.0 Å². The minimum Gasteiger partial charge on any atom is -0.373 e. The van der Waals surface area contributed by atoms with E-state index in [2.05, 4.69) is 27.9 Å². The third kappa shape index (κ3) is 8.32. The van der Waals surface area contributed by atoms with Crippen molar-refractivity contribution >= 4 is 35.8 Å². The Kier molecular flexibility index (Phi) is 10.8. The molecule has 158 valence electrons. The number of carbonyl (C=O) groups excluding carboxylic acids is 1. The molecular weight excluding hydrogens is 469 g/mol. The number of halogens is 1. The van der Waals surface area contributed by atoms with E-state index in [0.717, 1.165) is 44.1 Å². The first-order chi connectivity index (χ1) is 12.9. The number of carbonyl (C=O) groups is 1. The second-order valence-electron chi connectivity index (χ2n) is 7.44. The van der Waals surface area contributed by atoms with E-state index in [0.29, 0.717) is 18.7 Å². The number of likely N-dealkylation sites (N-methyl/N-ethyl adjacent to an activating group) is 1. The lowest BCUT2D eigenvalue weighted by Crippen LogP contribution is -2.45. The van der Waals surface area contributed by atoms with Gasteiger partial charge in [0.25, 0.3) is 5.91 Å². The summed E-state index contributed by atoms with van der Waals surface area (Å²) < 4.78 is 5.79. The van der Waals surface area contributed by atoms with Gasteiger partial charge in [-0.15, -0.1) is 24.0 Å². The fraction of sp³-hybridized carbons (Fsp3) is 0.600. The van der Waals surface area contributed by atoms with Crippen LogP contribution in [0.2, 0.25) is 0 Å². The molecule has 3 N–H and O–H groups in total. The summed E-state index contributed by atoms with van der Waals surface area (Å²) in [4.78, 5) is 18.6. The molecule has 1 fully saturated rings. The van der Waals surface area contributed by atoms with E-state index in [4.69, 9.17) is 4.74 Å². The maximum atomic E-state index is 12.3. The minimum atomic E-state index is -0.123. The van der Waals surface area contributed by atoms with Crippen LogP contribution in [0.15, 0.2) is 29.3 Å². The smallest absolute Gasteiger partial charge is 0.251 e. The molecule has 0 saturated carbocycles. The molecule has 1 atom stereocenters. The van der Waals surface area contributed by atoms with Gasteiger partial charge in [0.2, 0.25) is 0 Å². The summed E-state index contributed by atoms with van der Waals surface area (Å²) in [5.74, 6) is 0.681. The van der Waals surface area contributed by atoms with Crippen molar-refractivity contribution < 1.29 is 9.53 Å². The molecule has 1 aromatic rings. The van der Waals surface area contributed by atoms with Crippen molar-refractivity contribution in [2.45, 2.75) is 31.9 Å². The number of nitrogens with one attached hydrogen (secondary N) is 3. The lowest BCUT2D eigenvalue weighted by Gasteiger charge is -2.24. The second-order valence-corrected chi connectivity index (χ2v) is 7.44. The Morgan fingerprint density at radius 2 is 2.07 bits per heavy atom. The average molecular weight is 503 g/mol. The molecule has 1 unspecified atom stereocenters. The molecule has 0 bridgehead atoms. The van der Waals surface area contributed by atoms with Crippen molar-refractivity contribution in [1.82, 2.24) is 20.9 Å². The predicted molar refractivity (Wildman–Crippen MR) is 125 cm³/mol. The van der Waals surface area contributed by atoms with E-state index in [9.17, 15) is 4.79 Å². The molecule has 1 aromatic carbocycles. The number of nitrogens with zero attached hydrogens (tertiary/aromatic N) is 2. The van der Waals surface area contributed by atoms with E-state index < -0.39 is 0 Å². The predicted octanol–water partition coefficient (Wildman–Crippen LogP) is 1.83. The van der Waals surface area contributed by atoms with Gasteiger partial charge in [-0.1, -0.05) is 12.1 Å². The van der Waals surface area contributed by atoms with Gasteiger partial charge < -0.3 is 25.6 Å². The van der Waals surface area contributed by atoms with Gasteiger partial charge >= 0.3 is 0 Å². The number of benzene rings is 1. The largest absolute Gasteiger partial charge is 0.373 e. The third-order valence-corrected chi connectivity index (χ3v) is 4.65. The highest BCUT2D eigenvalue weighted by molar-refractivity contribution is 14.0. The van der Waals surface area contributed by atoms with E-state index in [1.165, 1.54) is 0 Å². The number of aliphatic imine (C=N–C) groups is 1. The summed E-state index contributed by atoms with van der Waals surface area (Å²) >= 11 is 0. The van der Waals surface area contributed by atoms with Gasteiger partial charge in [-0.3, -0.25) is 9.79 Å². The van der Waals surface area contributed by atoms with Crippen molar-refractivity contribution in [1.29, 1.82) is 0 Å². The number of ether oxygens (including phenoxy) is 1. The molecule has 28 heavy (non-hydrogen) atoms. The van der Waals surface area contributed by atoms with E-state index in [-0.39, 0.29) is 35.5 Å². The van der Waals surface area contributed by atoms with Crippen LogP contribution in [0.4, 0.5) is 0 Å². The van der Waals surface area contributed by atoms with E-state index in [1.54, 1.807) is 7.05 Å². The van der Waals surface area contributed by atoms with Gasteiger partial charge in [-0.05, 0) is 51.6 Å². The lowest BCUT2D eigenvalue weighted by atomic mass is 10.0. The lowest BCUT2D eigenvalue weighted by molar-refractivity contribution is 0.0243. The van der Waals surface area contributed by atoms with Crippen molar-refractivity contribution in [3.05, 3.63) is 35.4 Å². The van der Waals surface area contributed by atoms with Crippen LogP contribution in [0.5, 0.6) is 0 Å². The van der Waals surface area contributed by atoms with Gasteiger partial charge in [-0.2, -0.15) is 0 Å². The normalized spacial score (nSPS) is 19.2. The Morgan fingerprint density at radius 3 is 2.71 bits per heavy atom. The van der Waals surface area contributed by atoms with Gasteiger partial charge in [0.05, 0.1) is 5.60 Å². The zero-order valence-electron chi connectivity index (χ0n) is 17.4.